The lowest BCUT2D eigenvalue weighted by Gasteiger charge is -2.16. The number of aliphatic imine (C=N–C) groups is 1. The molecule has 1 aliphatic heterocycles. The number of amides is 1. The molecule has 0 spiro atoms. The monoisotopic (exact) mass is 313 g/mol. The normalized spacial score (nSPS) is 14.9. The third-order valence-electron chi connectivity index (χ3n) is 3.93. The molecular weight excluding hydrogens is 298 g/mol. The highest BCUT2D eigenvalue weighted by Crippen LogP contribution is 2.36. The lowest BCUT2D eigenvalue weighted by Crippen LogP contribution is -2.25. The van der Waals surface area contributed by atoms with Crippen LogP contribution in [0.2, 0.25) is 0 Å². The lowest BCUT2D eigenvalue weighted by molar-refractivity contribution is -0.111. The van der Waals surface area contributed by atoms with E-state index >= 15 is 0 Å². The summed E-state index contributed by atoms with van der Waals surface area (Å²) in [6.45, 7) is 0. The van der Waals surface area contributed by atoms with Gasteiger partial charge in [0.2, 0.25) is 0 Å². The largest absolute Gasteiger partial charge is 0.399 e. The average molecular weight is 313 g/mol. The molecule has 0 bridgehead atoms. The topological polar surface area (TPSA) is 58.7 Å². The molecule has 0 unspecified atom stereocenters. The van der Waals surface area contributed by atoms with E-state index in [0.717, 1.165) is 16.9 Å². The summed E-state index contributed by atoms with van der Waals surface area (Å²) in [6, 6.07) is 24.5. The van der Waals surface area contributed by atoms with Crippen molar-refractivity contribution in [3.8, 4) is 0 Å². The van der Waals surface area contributed by atoms with Crippen LogP contribution < -0.4 is 10.6 Å². The van der Waals surface area contributed by atoms with Crippen molar-refractivity contribution in [3.05, 3.63) is 84.4 Å². The zero-order valence-corrected chi connectivity index (χ0v) is 12.9. The van der Waals surface area contributed by atoms with Gasteiger partial charge in [-0.15, -0.1) is 0 Å². The van der Waals surface area contributed by atoms with Crippen LogP contribution in [0.3, 0.4) is 0 Å². The second-order valence-electron chi connectivity index (χ2n) is 5.55. The summed E-state index contributed by atoms with van der Waals surface area (Å²) in [5.41, 5.74) is 10.0. The number of hydrogen-bond acceptors (Lipinski definition) is 3. The highest BCUT2D eigenvalue weighted by molar-refractivity contribution is 6.56. The van der Waals surface area contributed by atoms with Gasteiger partial charge < -0.3 is 5.73 Å². The number of nitrogens with two attached hydrogens (primary N) is 1. The molecule has 2 N–H and O–H groups in total. The van der Waals surface area contributed by atoms with E-state index in [1.807, 2.05) is 66.7 Å². The van der Waals surface area contributed by atoms with Crippen LogP contribution in [0.1, 0.15) is 5.56 Å². The number of nitrogens with zero attached hydrogens (tertiary/aromatic N) is 2. The molecule has 0 aromatic heterocycles. The van der Waals surface area contributed by atoms with Crippen LogP contribution in [0.25, 0.3) is 0 Å². The number of para-hydroxylation sites is 2. The van der Waals surface area contributed by atoms with Gasteiger partial charge in [-0.2, -0.15) is 0 Å². The maximum atomic E-state index is 13.0. The van der Waals surface area contributed by atoms with Gasteiger partial charge in [0.1, 0.15) is 5.71 Å². The summed E-state index contributed by atoms with van der Waals surface area (Å²) >= 11 is 0. The molecule has 0 radical (unpaired) electrons. The van der Waals surface area contributed by atoms with Gasteiger partial charge in [-0.05, 0) is 36.4 Å². The second-order valence-corrected chi connectivity index (χ2v) is 5.55. The Hall–Kier alpha value is -3.40. The lowest BCUT2D eigenvalue weighted by atomic mass is 10.1. The van der Waals surface area contributed by atoms with Gasteiger partial charge in [0.25, 0.3) is 5.91 Å². The standard InChI is InChI=1S/C20H15N3O/c21-14-7-6-8-15(13-14)22-19-17-11-4-5-12-18(17)23(20(19)24)16-9-2-1-3-10-16/h1-13H,21H2/b22-19-. The van der Waals surface area contributed by atoms with Gasteiger partial charge in [-0.3, -0.25) is 9.69 Å². The minimum absolute atomic E-state index is 0.134. The number of rotatable bonds is 2. The van der Waals surface area contributed by atoms with E-state index in [4.69, 9.17) is 5.73 Å². The third kappa shape index (κ3) is 2.34. The first kappa shape index (κ1) is 14.2. The van der Waals surface area contributed by atoms with Crippen molar-refractivity contribution in [2.24, 2.45) is 4.99 Å². The Morgan fingerprint density at radius 1 is 0.833 bits per heavy atom. The predicted octanol–water partition coefficient (Wildman–Crippen LogP) is 4.07. The van der Waals surface area contributed by atoms with E-state index in [0.29, 0.717) is 17.1 Å². The first-order chi connectivity index (χ1) is 11.7. The molecule has 4 heteroatoms. The average Bonchev–Trinajstić information content (AvgIpc) is 2.88. The van der Waals surface area contributed by atoms with Crippen LogP contribution in [0.5, 0.6) is 0 Å². The summed E-state index contributed by atoms with van der Waals surface area (Å²) in [4.78, 5) is 19.3. The molecule has 3 aromatic carbocycles. The summed E-state index contributed by atoms with van der Waals surface area (Å²) < 4.78 is 0. The number of benzene rings is 3. The molecule has 4 rings (SSSR count). The van der Waals surface area contributed by atoms with Crippen molar-refractivity contribution in [1.29, 1.82) is 0 Å². The highest BCUT2D eigenvalue weighted by Gasteiger charge is 2.34. The van der Waals surface area contributed by atoms with Crippen molar-refractivity contribution >= 4 is 34.4 Å². The van der Waals surface area contributed by atoms with Gasteiger partial charge in [-0.25, -0.2) is 4.99 Å². The fourth-order valence-electron chi connectivity index (χ4n) is 2.86. The minimum Gasteiger partial charge on any atom is -0.399 e. The van der Waals surface area contributed by atoms with Crippen molar-refractivity contribution in [2.45, 2.75) is 0 Å². The second kappa shape index (κ2) is 5.66. The van der Waals surface area contributed by atoms with Crippen molar-refractivity contribution < 1.29 is 4.79 Å². The molecule has 1 aliphatic rings. The minimum atomic E-state index is -0.134. The van der Waals surface area contributed by atoms with Gasteiger partial charge in [0.15, 0.2) is 0 Å². The summed E-state index contributed by atoms with van der Waals surface area (Å²) in [5, 5.41) is 0. The summed E-state index contributed by atoms with van der Waals surface area (Å²) in [7, 11) is 0. The molecule has 24 heavy (non-hydrogen) atoms. The SMILES string of the molecule is Nc1cccc(/N=C2\C(=O)N(c3ccccc3)c3ccccc32)c1. The Bertz CT molecular complexity index is 948. The summed E-state index contributed by atoms with van der Waals surface area (Å²) in [5.74, 6) is -0.134. The maximum Gasteiger partial charge on any atom is 0.282 e. The van der Waals surface area contributed by atoms with Crippen LogP contribution in [0, 0.1) is 0 Å². The molecular formula is C20H15N3O. The molecule has 1 heterocycles. The highest BCUT2D eigenvalue weighted by atomic mass is 16.2. The van der Waals surface area contributed by atoms with Gasteiger partial charge >= 0.3 is 0 Å². The van der Waals surface area contributed by atoms with E-state index in [-0.39, 0.29) is 5.91 Å². The Morgan fingerprint density at radius 3 is 2.38 bits per heavy atom. The number of nitrogen functional groups attached to an aromatic ring is 1. The Morgan fingerprint density at radius 2 is 1.58 bits per heavy atom. The third-order valence-corrected chi connectivity index (χ3v) is 3.93. The van der Waals surface area contributed by atoms with E-state index in [9.17, 15) is 4.79 Å². The molecule has 0 saturated heterocycles. The summed E-state index contributed by atoms with van der Waals surface area (Å²) in [6.07, 6.45) is 0. The first-order valence-corrected chi connectivity index (χ1v) is 7.67. The van der Waals surface area contributed by atoms with Gasteiger partial charge in [0.05, 0.1) is 11.4 Å². The number of fused-ring (bicyclic) bond motifs is 1. The number of hydrogen-bond donors (Lipinski definition) is 1. The van der Waals surface area contributed by atoms with Crippen LogP contribution in [-0.4, -0.2) is 11.6 Å². The Kier molecular flexibility index (Phi) is 3.35. The zero-order chi connectivity index (χ0) is 16.5. The van der Waals surface area contributed by atoms with Crippen molar-refractivity contribution in [1.82, 2.24) is 0 Å². The van der Waals surface area contributed by atoms with E-state index in [1.54, 1.807) is 17.0 Å². The zero-order valence-electron chi connectivity index (χ0n) is 12.9. The van der Waals surface area contributed by atoms with Crippen LogP contribution in [0.15, 0.2) is 83.9 Å². The van der Waals surface area contributed by atoms with Crippen molar-refractivity contribution in [2.75, 3.05) is 10.6 Å². The van der Waals surface area contributed by atoms with Crippen LogP contribution in [0.4, 0.5) is 22.7 Å². The van der Waals surface area contributed by atoms with Gasteiger partial charge in [0, 0.05) is 16.9 Å². The quantitative estimate of drug-likeness (QED) is 0.725. The first-order valence-electron chi connectivity index (χ1n) is 7.67. The Balaban J connectivity index is 1.87. The van der Waals surface area contributed by atoms with Crippen molar-refractivity contribution in [3.63, 3.8) is 0 Å². The molecule has 116 valence electrons. The molecule has 0 saturated carbocycles. The molecule has 4 nitrogen and oxygen atoms in total. The Labute approximate surface area is 139 Å². The number of carbonyl (C=O) groups excluding carboxylic acids is 1. The fourth-order valence-corrected chi connectivity index (χ4v) is 2.86. The molecule has 0 fully saturated rings. The maximum absolute atomic E-state index is 13.0. The predicted molar refractivity (Wildman–Crippen MR) is 97.1 cm³/mol. The fraction of sp³-hybridized carbons (Fsp3) is 0. The number of anilines is 3. The van der Waals surface area contributed by atoms with E-state index in [1.165, 1.54) is 0 Å². The van der Waals surface area contributed by atoms with Crippen LogP contribution >= 0.6 is 0 Å². The molecule has 0 atom stereocenters. The van der Waals surface area contributed by atoms with E-state index in [2.05, 4.69) is 4.99 Å². The smallest absolute Gasteiger partial charge is 0.282 e. The van der Waals surface area contributed by atoms with E-state index < -0.39 is 0 Å². The van der Waals surface area contributed by atoms with Gasteiger partial charge in [-0.1, -0.05) is 42.5 Å². The molecule has 1 amide bonds. The van der Waals surface area contributed by atoms with Crippen LogP contribution in [-0.2, 0) is 4.79 Å². The molecule has 3 aromatic rings. The molecule has 0 aliphatic carbocycles. The number of carbonyl (C=O) groups is 1.